The zero-order valence-corrected chi connectivity index (χ0v) is 13.2. The fourth-order valence-corrected chi connectivity index (χ4v) is 2.84. The highest BCUT2D eigenvalue weighted by Crippen LogP contribution is 2.27. The predicted molar refractivity (Wildman–Crippen MR) is 84.5 cm³/mol. The molecule has 0 spiro atoms. The number of benzene rings is 1. The van der Waals surface area contributed by atoms with Crippen molar-refractivity contribution in [2.45, 2.75) is 25.7 Å². The van der Waals surface area contributed by atoms with E-state index in [-0.39, 0.29) is 5.92 Å². The third-order valence-corrected chi connectivity index (χ3v) is 4.26. The lowest BCUT2D eigenvalue weighted by atomic mass is 9.94. The Balaban J connectivity index is 2.26. The van der Waals surface area contributed by atoms with Crippen LogP contribution >= 0.6 is 23.2 Å². The minimum Gasteiger partial charge on any atom is -0.330 e. The summed E-state index contributed by atoms with van der Waals surface area (Å²) in [5.74, 6) is 0.213. The second kappa shape index (κ2) is 6.61. The Labute approximate surface area is 129 Å². The van der Waals surface area contributed by atoms with Gasteiger partial charge in [-0.15, -0.1) is 0 Å². The van der Waals surface area contributed by atoms with Crippen LogP contribution in [0.25, 0.3) is 0 Å². The quantitative estimate of drug-likeness (QED) is 0.917. The molecule has 0 aliphatic carbocycles. The fourth-order valence-electron chi connectivity index (χ4n) is 2.35. The van der Waals surface area contributed by atoms with E-state index in [1.165, 1.54) is 5.56 Å². The molecule has 20 heavy (non-hydrogen) atoms. The first-order valence-electron chi connectivity index (χ1n) is 6.72. The van der Waals surface area contributed by atoms with Crippen LogP contribution in [-0.4, -0.2) is 16.3 Å². The number of rotatable bonds is 5. The van der Waals surface area contributed by atoms with Crippen LogP contribution < -0.4 is 5.73 Å². The SMILES string of the molecule is CCc1nn(C)c(CC(CN)c2ccc(Cl)cc2)c1Cl. The zero-order chi connectivity index (χ0) is 14.7. The van der Waals surface area contributed by atoms with E-state index < -0.39 is 0 Å². The molecule has 5 heteroatoms. The fraction of sp³-hybridized carbons (Fsp3) is 0.400. The molecule has 108 valence electrons. The summed E-state index contributed by atoms with van der Waals surface area (Å²) in [5.41, 5.74) is 9.07. The Morgan fingerprint density at radius 2 is 1.90 bits per heavy atom. The molecular weight excluding hydrogens is 293 g/mol. The minimum absolute atomic E-state index is 0.213. The van der Waals surface area contributed by atoms with Crippen molar-refractivity contribution in [1.82, 2.24) is 9.78 Å². The highest BCUT2D eigenvalue weighted by atomic mass is 35.5. The first-order chi connectivity index (χ1) is 9.56. The van der Waals surface area contributed by atoms with Gasteiger partial charge in [-0.25, -0.2) is 0 Å². The van der Waals surface area contributed by atoms with Gasteiger partial charge in [0.2, 0.25) is 0 Å². The van der Waals surface area contributed by atoms with Crippen molar-refractivity contribution in [3.63, 3.8) is 0 Å². The summed E-state index contributed by atoms with van der Waals surface area (Å²) in [6, 6.07) is 7.82. The maximum atomic E-state index is 6.40. The molecule has 0 amide bonds. The van der Waals surface area contributed by atoms with Crippen LogP contribution in [0.15, 0.2) is 24.3 Å². The number of hydrogen-bond acceptors (Lipinski definition) is 2. The molecule has 3 nitrogen and oxygen atoms in total. The molecule has 0 saturated heterocycles. The second-order valence-electron chi connectivity index (χ2n) is 4.87. The molecule has 2 aromatic rings. The molecule has 1 aromatic heterocycles. The van der Waals surface area contributed by atoms with E-state index >= 15 is 0 Å². The highest BCUT2D eigenvalue weighted by Gasteiger charge is 2.18. The van der Waals surface area contributed by atoms with Crippen molar-refractivity contribution in [2.24, 2.45) is 12.8 Å². The minimum atomic E-state index is 0.213. The van der Waals surface area contributed by atoms with Crippen molar-refractivity contribution < 1.29 is 0 Å². The maximum absolute atomic E-state index is 6.40. The molecule has 1 atom stereocenters. The molecule has 0 bridgehead atoms. The lowest BCUT2D eigenvalue weighted by Gasteiger charge is -2.16. The summed E-state index contributed by atoms with van der Waals surface area (Å²) in [5, 5.41) is 5.95. The summed E-state index contributed by atoms with van der Waals surface area (Å²) < 4.78 is 1.86. The van der Waals surface area contributed by atoms with E-state index in [0.717, 1.165) is 34.3 Å². The number of aromatic nitrogens is 2. The monoisotopic (exact) mass is 311 g/mol. The second-order valence-corrected chi connectivity index (χ2v) is 5.69. The van der Waals surface area contributed by atoms with Gasteiger partial charge >= 0.3 is 0 Å². The lowest BCUT2D eigenvalue weighted by molar-refractivity contribution is 0.628. The molecule has 2 rings (SSSR count). The van der Waals surface area contributed by atoms with Crippen molar-refractivity contribution in [3.05, 3.63) is 51.3 Å². The summed E-state index contributed by atoms with van der Waals surface area (Å²) in [6.45, 7) is 2.61. The van der Waals surface area contributed by atoms with Crippen molar-refractivity contribution >= 4 is 23.2 Å². The molecule has 0 aliphatic rings. The molecule has 1 heterocycles. The highest BCUT2D eigenvalue weighted by molar-refractivity contribution is 6.32. The van der Waals surface area contributed by atoms with E-state index in [0.29, 0.717) is 6.54 Å². The zero-order valence-electron chi connectivity index (χ0n) is 11.7. The normalized spacial score (nSPS) is 12.7. The van der Waals surface area contributed by atoms with Gasteiger partial charge in [-0.05, 0) is 37.1 Å². The van der Waals surface area contributed by atoms with E-state index in [4.69, 9.17) is 28.9 Å². The maximum Gasteiger partial charge on any atom is 0.0849 e. The van der Waals surface area contributed by atoms with Crippen LogP contribution in [0.1, 0.15) is 29.8 Å². The summed E-state index contributed by atoms with van der Waals surface area (Å²) in [7, 11) is 1.93. The van der Waals surface area contributed by atoms with E-state index in [2.05, 4.69) is 12.0 Å². The van der Waals surface area contributed by atoms with E-state index in [1.54, 1.807) is 0 Å². The van der Waals surface area contributed by atoms with Crippen LogP contribution in [0, 0.1) is 0 Å². The van der Waals surface area contributed by atoms with Gasteiger partial charge in [0.05, 0.1) is 16.4 Å². The van der Waals surface area contributed by atoms with Crippen molar-refractivity contribution in [1.29, 1.82) is 0 Å². The molecule has 2 N–H and O–H groups in total. The number of halogens is 2. The van der Waals surface area contributed by atoms with Crippen LogP contribution in [0.4, 0.5) is 0 Å². The molecule has 0 fully saturated rings. The van der Waals surface area contributed by atoms with Gasteiger partial charge in [0.25, 0.3) is 0 Å². The number of nitrogens with zero attached hydrogens (tertiary/aromatic N) is 2. The summed E-state index contributed by atoms with van der Waals surface area (Å²) in [6.07, 6.45) is 1.61. The largest absolute Gasteiger partial charge is 0.330 e. The van der Waals surface area contributed by atoms with Crippen molar-refractivity contribution in [3.8, 4) is 0 Å². The predicted octanol–water partition coefficient (Wildman–Crippen LogP) is 3.57. The molecule has 0 saturated carbocycles. The van der Waals surface area contributed by atoms with Gasteiger partial charge in [-0.2, -0.15) is 5.10 Å². The van der Waals surface area contributed by atoms with Gasteiger partial charge in [-0.3, -0.25) is 4.68 Å². The number of aryl methyl sites for hydroxylation is 2. The summed E-state index contributed by atoms with van der Waals surface area (Å²) >= 11 is 12.3. The van der Waals surface area contributed by atoms with E-state index in [1.807, 2.05) is 36.0 Å². The Bertz CT molecular complexity index is 576. The Morgan fingerprint density at radius 3 is 2.40 bits per heavy atom. The molecular formula is C15H19Cl2N3. The lowest BCUT2D eigenvalue weighted by Crippen LogP contribution is -2.16. The molecule has 0 radical (unpaired) electrons. The Kier molecular flexibility index (Phi) is 5.08. The number of nitrogens with two attached hydrogens (primary N) is 1. The molecule has 1 unspecified atom stereocenters. The van der Waals surface area contributed by atoms with Gasteiger partial charge < -0.3 is 5.73 Å². The smallest absolute Gasteiger partial charge is 0.0849 e. The van der Waals surface area contributed by atoms with Crippen LogP contribution in [-0.2, 0) is 19.9 Å². The van der Waals surface area contributed by atoms with Crippen LogP contribution in [0.2, 0.25) is 10.0 Å². The van der Waals surface area contributed by atoms with Crippen LogP contribution in [0.3, 0.4) is 0 Å². The molecule has 0 aliphatic heterocycles. The third kappa shape index (κ3) is 3.17. The van der Waals surface area contributed by atoms with Gasteiger partial charge in [-0.1, -0.05) is 42.3 Å². The standard InChI is InChI=1S/C15H19Cl2N3/c1-3-13-15(17)14(20(2)19-13)8-11(9-18)10-4-6-12(16)7-5-10/h4-7,11H,3,8-9,18H2,1-2H3. The molecule has 1 aromatic carbocycles. The van der Waals surface area contributed by atoms with Gasteiger partial charge in [0.1, 0.15) is 0 Å². The van der Waals surface area contributed by atoms with Crippen LogP contribution in [0.5, 0.6) is 0 Å². The number of hydrogen-bond donors (Lipinski definition) is 1. The average molecular weight is 312 g/mol. The first-order valence-corrected chi connectivity index (χ1v) is 7.48. The topological polar surface area (TPSA) is 43.8 Å². The average Bonchev–Trinajstić information content (AvgIpc) is 2.72. The van der Waals surface area contributed by atoms with E-state index in [9.17, 15) is 0 Å². The first kappa shape index (κ1) is 15.4. The van der Waals surface area contributed by atoms with Crippen molar-refractivity contribution in [2.75, 3.05) is 6.54 Å². The summed E-state index contributed by atoms with van der Waals surface area (Å²) in [4.78, 5) is 0. The van der Waals surface area contributed by atoms with Gasteiger partial charge in [0.15, 0.2) is 0 Å². The van der Waals surface area contributed by atoms with Gasteiger partial charge in [0, 0.05) is 18.0 Å². The Morgan fingerprint density at radius 1 is 1.25 bits per heavy atom. The Hall–Kier alpha value is -1.03. The third-order valence-electron chi connectivity index (χ3n) is 3.57.